The fraction of sp³-hybridized carbons (Fsp3) is 0.280. The predicted octanol–water partition coefficient (Wildman–Crippen LogP) is 3.54. The molecule has 8 heteroatoms. The molecule has 0 bridgehead atoms. The van der Waals surface area contributed by atoms with Crippen molar-refractivity contribution in [3.63, 3.8) is 0 Å². The van der Waals surface area contributed by atoms with Crippen molar-refractivity contribution in [3.8, 4) is 5.75 Å². The lowest BCUT2D eigenvalue weighted by Gasteiger charge is -2.16. The summed E-state index contributed by atoms with van der Waals surface area (Å²) in [6.07, 6.45) is 1.33. The molecule has 0 radical (unpaired) electrons. The van der Waals surface area contributed by atoms with Gasteiger partial charge in [-0.25, -0.2) is 4.98 Å². The van der Waals surface area contributed by atoms with Crippen LogP contribution in [0.4, 0.5) is 0 Å². The number of ether oxygens (including phenoxy) is 1. The van der Waals surface area contributed by atoms with Gasteiger partial charge in [0.2, 0.25) is 0 Å². The largest absolute Gasteiger partial charge is 0.481 e. The minimum absolute atomic E-state index is 0.376. The SMILES string of the molecule is Cc1nn(C)c2nc(C3CC3)cc(C(=O)NNC(=O)C(C)Oc3ccc4ccccc4c3)c12. The third-order valence-electron chi connectivity index (χ3n) is 5.93. The highest BCUT2D eigenvalue weighted by Crippen LogP contribution is 2.40. The van der Waals surface area contributed by atoms with Gasteiger partial charge in [0.05, 0.1) is 16.6 Å². The van der Waals surface area contributed by atoms with Crippen LogP contribution >= 0.6 is 0 Å². The van der Waals surface area contributed by atoms with E-state index in [9.17, 15) is 9.59 Å². The number of hydrogen-bond donors (Lipinski definition) is 2. The highest BCUT2D eigenvalue weighted by molar-refractivity contribution is 6.07. The minimum atomic E-state index is -0.800. The molecule has 2 aromatic heterocycles. The van der Waals surface area contributed by atoms with Gasteiger partial charge < -0.3 is 4.74 Å². The fourth-order valence-corrected chi connectivity index (χ4v) is 4.02. The quantitative estimate of drug-likeness (QED) is 0.460. The van der Waals surface area contributed by atoms with Crippen LogP contribution in [0.25, 0.3) is 21.8 Å². The van der Waals surface area contributed by atoms with E-state index in [1.807, 2.05) is 62.5 Å². The van der Waals surface area contributed by atoms with Gasteiger partial charge in [-0.1, -0.05) is 30.3 Å². The predicted molar refractivity (Wildman–Crippen MR) is 125 cm³/mol. The number of carbonyl (C=O) groups excluding carboxylic acids is 2. The number of aromatic nitrogens is 3. The van der Waals surface area contributed by atoms with E-state index in [0.717, 1.165) is 29.3 Å². The Morgan fingerprint density at radius 1 is 1.09 bits per heavy atom. The van der Waals surface area contributed by atoms with Gasteiger partial charge in [-0.15, -0.1) is 0 Å². The summed E-state index contributed by atoms with van der Waals surface area (Å²) in [6.45, 7) is 3.48. The smallest absolute Gasteiger partial charge is 0.279 e. The first-order chi connectivity index (χ1) is 15.9. The number of amides is 2. The van der Waals surface area contributed by atoms with Crippen molar-refractivity contribution in [1.29, 1.82) is 0 Å². The highest BCUT2D eigenvalue weighted by atomic mass is 16.5. The fourth-order valence-electron chi connectivity index (χ4n) is 4.02. The van der Waals surface area contributed by atoms with Gasteiger partial charge in [0, 0.05) is 18.7 Å². The van der Waals surface area contributed by atoms with E-state index in [0.29, 0.717) is 34.0 Å². The molecule has 1 saturated carbocycles. The average Bonchev–Trinajstić information content (AvgIpc) is 3.62. The van der Waals surface area contributed by atoms with Crippen molar-refractivity contribution in [1.82, 2.24) is 25.6 Å². The van der Waals surface area contributed by atoms with E-state index < -0.39 is 17.9 Å². The summed E-state index contributed by atoms with van der Waals surface area (Å²) in [4.78, 5) is 30.3. The number of fused-ring (bicyclic) bond motifs is 2. The maximum Gasteiger partial charge on any atom is 0.279 e. The zero-order valence-electron chi connectivity index (χ0n) is 18.8. The Bertz CT molecular complexity index is 1390. The lowest BCUT2D eigenvalue weighted by atomic mass is 10.1. The summed E-state index contributed by atoms with van der Waals surface area (Å²) in [5, 5.41) is 7.22. The standard InChI is InChI=1S/C25H25N5O3/c1-14-22-20(13-21(17-8-9-17)26-23(22)30(3)29-14)25(32)28-27-24(31)15(2)33-19-11-10-16-6-4-5-7-18(16)12-19/h4-7,10-13,15,17H,8-9H2,1-3H3,(H,27,31)(H,28,32). The van der Waals surface area contributed by atoms with Crippen LogP contribution in [0.1, 0.15) is 47.4 Å². The molecular formula is C25H25N5O3. The Morgan fingerprint density at radius 3 is 2.61 bits per heavy atom. The van der Waals surface area contributed by atoms with Crippen molar-refractivity contribution >= 4 is 33.6 Å². The molecule has 5 rings (SSSR count). The maximum absolute atomic E-state index is 13.0. The Hall–Kier alpha value is -3.94. The molecule has 0 saturated heterocycles. The Morgan fingerprint density at radius 2 is 1.85 bits per heavy atom. The molecule has 4 aromatic rings. The molecule has 1 unspecified atom stereocenters. The normalized spacial score (nSPS) is 14.3. The van der Waals surface area contributed by atoms with Gasteiger partial charge in [-0.3, -0.25) is 25.1 Å². The molecule has 8 nitrogen and oxygen atoms in total. The molecule has 0 spiro atoms. The van der Waals surface area contributed by atoms with Gasteiger partial charge in [0.15, 0.2) is 11.8 Å². The third-order valence-corrected chi connectivity index (χ3v) is 5.93. The van der Waals surface area contributed by atoms with Crippen LogP contribution in [0.15, 0.2) is 48.5 Å². The number of hydrazine groups is 1. The number of benzene rings is 2. The van der Waals surface area contributed by atoms with Crippen molar-refractivity contribution in [3.05, 3.63) is 65.5 Å². The zero-order valence-corrected chi connectivity index (χ0v) is 18.8. The molecule has 1 aliphatic rings. The lowest BCUT2D eigenvalue weighted by molar-refractivity contribution is -0.128. The van der Waals surface area contributed by atoms with Crippen LogP contribution in [-0.4, -0.2) is 32.7 Å². The number of nitrogens with zero attached hydrogens (tertiary/aromatic N) is 3. The third kappa shape index (κ3) is 4.11. The van der Waals surface area contributed by atoms with Gasteiger partial charge in [0.25, 0.3) is 11.8 Å². The molecule has 2 N–H and O–H groups in total. The lowest BCUT2D eigenvalue weighted by Crippen LogP contribution is -2.47. The van der Waals surface area contributed by atoms with E-state index in [4.69, 9.17) is 9.72 Å². The van der Waals surface area contributed by atoms with E-state index in [-0.39, 0.29) is 0 Å². The monoisotopic (exact) mass is 443 g/mol. The van der Waals surface area contributed by atoms with Crippen molar-refractivity contribution in [2.75, 3.05) is 0 Å². The maximum atomic E-state index is 13.0. The summed E-state index contributed by atoms with van der Waals surface area (Å²) in [7, 11) is 1.81. The van der Waals surface area contributed by atoms with Crippen molar-refractivity contribution in [2.24, 2.45) is 7.05 Å². The Labute approximate surface area is 190 Å². The van der Waals surface area contributed by atoms with Gasteiger partial charge in [0.1, 0.15) is 5.75 Å². The first-order valence-corrected chi connectivity index (χ1v) is 11.0. The first kappa shape index (κ1) is 20.9. The summed E-state index contributed by atoms with van der Waals surface area (Å²) < 4.78 is 7.47. The van der Waals surface area contributed by atoms with E-state index in [2.05, 4.69) is 16.0 Å². The molecule has 33 heavy (non-hydrogen) atoms. The summed E-state index contributed by atoms with van der Waals surface area (Å²) in [5.41, 5.74) is 7.73. The number of rotatable bonds is 5. The highest BCUT2D eigenvalue weighted by Gasteiger charge is 2.28. The second-order valence-corrected chi connectivity index (χ2v) is 8.49. The van der Waals surface area contributed by atoms with Gasteiger partial charge in [-0.05, 0) is 55.7 Å². The molecular weight excluding hydrogens is 418 g/mol. The minimum Gasteiger partial charge on any atom is -0.481 e. The number of nitrogens with one attached hydrogen (secondary N) is 2. The van der Waals surface area contributed by atoms with Gasteiger partial charge >= 0.3 is 0 Å². The Balaban J connectivity index is 1.29. The molecule has 2 amide bonds. The average molecular weight is 444 g/mol. The summed E-state index contributed by atoms with van der Waals surface area (Å²) in [5.74, 6) is 0.0958. The van der Waals surface area contributed by atoms with Crippen LogP contribution in [0.3, 0.4) is 0 Å². The van der Waals surface area contributed by atoms with Crippen molar-refractivity contribution < 1.29 is 14.3 Å². The summed E-state index contributed by atoms with van der Waals surface area (Å²) in [6, 6.07) is 15.4. The first-order valence-electron chi connectivity index (χ1n) is 11.0. The van der Waals surface area contributed by atoms with Gasteiger partial charge in [-0.2, -0.15) is 5.10 Å². The molecule has 2 heterocycles. The molecule has 168 valence electrons. The Kier molecular flexibility index (Phi) is 5.20. The van der Waals surface area contributed by atoms with E-state index >= 15 is 0 Å². The van der Waals surface area contributed by atoms with E-state index in [1.165, 1.54) is 0 Å². The molecule has 1 atom stereocenters. The molecule has 1 fully saturated rings. The van der Waals surface area contributed by atoms with Crippen LogP contribution in [0.5, 0.6) is 5.75 Å². The zero-order chi connectivity index (χ0) is 23.1. The number of pyridine rings is 1. The molecule has 0 aliphatic heterocycles. The van der Waals surface area contributed by atoms with Crippen molar-refractivity contribution in [2.45, 2.75) is 38.7 Å². The number of aryl methyl sites for hydroxylation is 2. The summed E-state index contributed by atoms with van der Waals surface area (Å²) >= 11 is 0. The van der Waals surface area contributed by atoms with Crippen LogP contribution < -0.4 is 15.6 Å². The van der Waals surface area contributed by atoms with Crippen LogP contribution in [0, 0.1) is 6.92 Å². The second-order valence-electron chi connectivity index (χ2n) is 8.49. The van der Waals surface area contributed by atoms with E-state index in [1.54, 1.807) is 11.6 Å². The topological polar surface area (TPSA) is 98.1 Å². The van der Waals surface area contributed by atoms with Crippen LogP contribution in [-0.2, 0) is 11.8 Å². The second kappa shape index (κ2) is 8.20. The molecule has 1 aliphatic carbocycles. The van der Waals surface area contributed by atoms with Crippen LogP contribution in [0.2, 0.25) is 0 Å². The number of hydrogen-bond acceptors (Lipinski definition) is 5. The molecule has 2 aromatic carbocycles. The number of carbonyl (C=O) groups is 2.